The van der Waals surface area contributed by atoms with E-state index in [0.29, 0.717) is 19.3 Å². The fraction of sp³-hybridized carbons (Fsp3) is 0.556. The van der Waals surface area contributed by atoms with Crippen molar-refractivity contribution >= 4 is 11.9 Å². The molecule has 0 aliphatic heterocycles. The number of hydrogen-bond donors (Lipinski definition) is 2. The zero-order chi connectivity index (χ0) is 15.9. The highest BCUT2D eigenvalue weighted by Crippen LogP contribution is 2.25. The Labute approximate surface area is 131 Å². The normalized spacial score (nSPS) is 20.8. The summed E-state index contributed by atoms with van der Waals surface area (Å²) in [5.74, 6) is -1.07. The Morgan fingerprint density at radius 2 is 1.86 bits per heavy atom. The van der Waals surface area contributed by atoms with E-state index in [1.54, 1.807) is 0 Å². The second-order valence-electron chi connectivity index (χ2n) is 6.21. The highest BCUT2D eigenvalue weighted by atomic mass is 16.4. The largest absolute Gasteiger partial charge is 0.481 e. The predicted octanol–water partition coefficient (Wildman–Crippen LogP) is 2.94. The summed E-state index contributed by atoms with van der Waals surface area (Å²) in [6.45, 7) is 2.18. The summed E-state index contributed by atoms with van der Waals surface area (Å²) in [5.41, 5.74) is 2.32. The van der Waals surface area contributed by atoms with E-state index in [2.05, 4.69) is 24.4 Å². The summed E-state index contributed by atoms with van der Waals surface area (Å²) in [4.78, 5) is 23.0. The maximum Gasteiger partial charge on any atom is 0.306 e. The van der Waals surface area contributed by atoms with Gasteiger partial charge in [0.2, 0.25) is 5.91 Å². The van der Waals surface area contributed by atoms with Gasteiger partial charge in [0, 0.05) is 6.04 Å². The minimum absolute atomic E-state index is 0.0115. The third-order valence-electron chi connectivity index (χ3n) is 4.35. The molecule has 1 saturated carbocycles. The van der Waals surface area contributed by atoms with Crippen LogP contribution in [-0.4, -0.2) is 23.0 Å². The lowest BCUT2D eigenvalue weighted by Gasteiger charge is -2.12. The number of nitrogens with one attached hydrogen (secondary N) is 1. The average molecular weight is 303 g/mol. The predicted molar refractivity (Wildman–Crippen MR) is 85.7 cm³/mol. The molecule has 0 radical (unpaired) electrons. The van der Waals surface area contributed by atoms with Crippen LogP contribution in [-0.2, 0) is 22.4 Å². The third kappa shape index (κ3) is 4.86. The monoisotopic (exact) mass is 303 g/mol. The van der Waals surface area contributed by atoms with Gasteiger partial charge in [-0.1, -0.05) is 37.6 Å². The summed E-state index contributed by atoms with van der Waals surface area (Å²) in [7, 11) is 0. The molecule has 1 fully saturated rings. The highest BCUT2D eigenvalue weighted by Gasteiger charge is 2.30. The zero-order valence-electron chi connectivity index (χ0n) is 13.2. The van der Waals surface area contributed by atoms with Gasteiger partial charge in [-0.25, -0.2) is 0 Å². The minimum Gasteiger partial charge on any atom is -0.481 e. The Hall–Kier alpha value is -1.84. The lowest BCUT2D eigenvalue weighted by Crippen LogP contribution is -2.34. The van der Waals surface area contributed by atoms with Gasteiger partial charge in [0.1, 0.15) is 0 Å². The highest BCUT2D eigenvalue weighted by molar-refractivity contribution is 5.79. The van der Waals surface area contributed by atoms with Gasteiger partial charge in [0.05, 0.1) is 12.3 Å². The fourth-order valence-electron chi connectivity index (χ4n) is 3.01. The standard InChI is InChI=1S/C18H25NO3/c1-2-3-4-13-5-7-14(8-6-13)11-17(20)19-16-10-9-15(12-16)18(21)22/h5-8,15-16H,2-4,9-12H2,1H3,(H,19,20)(H,21,22)/t15-,16+/m0/s1. The maximum atomic E-state index is 12.0. The van der Waals surface area contributed by atoms with Crippen LogP contribution < -0.4 is 5.32 Å². The van der Waals surface area contributed by atoms with Crippen molar-refractivity contribution in [2.24, 2.45) is 5.92 Å². The van der Waals surface area contributed by atoms with Gasteiger partial charge in [-0.05, 0) is 43.2 Å². The van der Waals surface area contributed by atoms with Crippen LogP contribution in [0.4, 0.5) is 0 Å². The van der Waals surface area contributed by atoms with Crippen LogP contribution in [0.15, 0.2) is 24.3 Å². The van der Waals surface area contributed by atoms with Crippen molar-refractivity contribution in [2.75, 3.05) is 0 Å². The molecule has 2 N–H and O–H groups in total. The number of aryl methyl sites for hydroxylation is 1. The van der Waals surface area contributed by atoms with E-state index in [1.807, 2.05) is 12.1 Å². The Morgan fingerprint density at radius 1 is 1.18 bits per heavy atom. The Kier molecular flexibility index (Phi) is 5.99. The summed E-state index contributed by atoms with van der Waals surface area (Å²) >= 11 is 0. The Balaban J connectivity index is 1.78. The van der Waals surface area contributed by atoms with Crippen LogP contribution in [0, 0.1) is 5.92 Å². The van der Waals surface area contributed by atoms with Crippen LogP contribution in [0.25, 0.3) is 0 Å². The molecule has 4 heteroatoms. The number of rotatable bonds is 7. The minimum atomic E-state index is -0.751. The van der Waals surface area contributed by atoms with Crippen molar-refractivity contribution in [2.45, 2.75) is 57.9 Å². The number of benzene rings is 1. The van der Waals surface area contributed by atoms with E-state index in [9.17, 15) is 9.59 Å². The van der Waals surface area contributed by atoms with E-state index >= 15 is 0 Å². The zero-order valence-corrected chi connectivity index (χ0v) is 13.2. The molecule has 0 aromatic heterocycles. The molecule has 1 amide bonds. The molecule has 1 aromatic carbocycles. The third-order valence-corrected chi connectivity index (χ3v) is 4.35. The first-order valence-electron chi connectivity index (χ1n) is 8.18. The number of carbonyl (C=O) groups is 2. The van der Waals surface area contributed by atoms with Crippen LogP contribution >= 0.6 is 0 Å². The van der Waals surface area contributed by atoms with E-state index in [4.69, 9.17) is 5.11 Å². The first-order chi connectivity index (χ1) is 10.6. The molecule has 120 valence electrons. The summed E-state index contributed by atoms with van der Waals surface area (Å²) in [5, 5.41) is 11.9. The van der Waals surface area contributed by atoms with Crippen molar-refractivity contribution < 1.29 is 14.7 Å². The van der Waals surface area contributed by atoms with Gasteiger partial charge in [-0.15, -0.1) is 0 Å². The van der Waals surface area contributed by atoms with E-state index in [0.717, 1.165) is 18.4 Å². The number of aliphatic carboxylic acids is 1. The molecular formula is C18H25NO3. The number of amides is 1. The van der Waals surface area contributed by atoms with Crippen LogP contribution in [0.3, 0.4) is 0 Å². The van der Waals surface area contributed by atoms with Crippen molar-refractivity contribution in [3.63, 3.8) is 0 Å². The second kappa shape index (κ2) is 7.97. The lowest BCUT2D eigenvalue weighted by molar-refractivity contribution is -0.141. The summed E-state index contributed by atoms with van der Waals surface area (Å²) in [6.07, 6.45) is 5.79. The maximum absolute atomic E-state index is 12.0. The molecule has 22 heavy (non-hydrogen) atoms. The van der Waals surface area contributed by atoms with Crippen LogP contribution in [0.1, 0.15) is 50.2 Å². The second-order valence-corrected chi connectivity index (χ2v) is 6.21. The molecule has 2 atom stereocenters. The molecule has 0 bridgehead atoms. The van der Waals surface area contributed by atoms with Crippen LogP contribution in [0.2, 0.25) is 0 Å². The fourth-order valence-corrected chi connectivity index (χ4v) is 3.01. The number of carboxylic acid groups (broad SMARTS) is 1. The molecule has 0 unspecified atom stereocenters. The van der Waals surface area contributed by atoms with Crippen molar-refractivity contribution in [3.8, 4) is 0 Å². The van der Waals surface area contributed by atoms with Crippen molar-refractivity contribution in [1.82, 2.24) is 5.32 Å². The van der Waals surface area contributed by atoms with Gasteiger partial charge in [0.25, 0.3) is 0 Å². The Bertz CT molecular complexity index is 510. The van der Waals surface area contributed by atoms with Gasteiger partial charge in [-0.2, -0.15) is 0 Å². The van der Waals surface area contributed by atoms with Gasteiger partial charge >= 0.3 is 5.97 Å². The van der Waals surface area contributed by atoms with Gasteiger partial charge in [0.15, 0.2) is 0 Å². The molecule has 1 aliphatic rings. The van der Waals surface area contributed by atoms with Crippen molar-refractivity contribution in [3.05, 3.63) is 35.4 Å². The van der Waals surface area contributed by atoms with Crippen LogP contribution in [0.5, 0.6) is 0 Å². The number of unbranched alkanes of at least 4 members (excludes halogenated alkanes) is 1. The Morgan fingerprint density at radius 3 is 2.45 bits per heavy atom. The average Bonchev–Trinajstić information content (AvgIpc) is 2.95. The smallest absolute Gasteiger partial charge is 0.306 e. The SMILES string of the molecule is CCCCc1ccc(CC(=O)N[C@@H]2CC[C@H](C(=O)O)C2)cc1. The molecule has 4 nitrogen and oxygen atoms in total. The molecule has 1 aromatic rings. The van der Waals surface area contributed by atoms with Crippen molar-refractivity contribution in [1.29, 1.82) is 0 Å². The van der Waals surface area contributed by atoms with E-state index < -0.39 is 5.97 Å². The number of carboxylic acids is 1. The molecule has 0 spiro atoms. The summed E-state index contributed by atoms with van der Waals surface area (Å²) < 4.78 is 0. The van der Waals surface area contributed by atoms with Gasteiger partial charge in [-0.3, -0.25) is 9.59 Å². The first-order valence-corrected chi connectivity index (χ1v) is 8.18. The number of hydrogen-bond acceptors (Lipinski definition) is 2. The first kappa shape index (κ1) is 16.5. The molecule has 0 saturated heterocycles. The quantitative estimate of drug-likeness (QED) is 0.814. The summed E-state index contributed by atoms with van der Waals surface area (Å²) in [6, 6.07) is 8.22. The van der Waals surface area contributed by atoms with Gasteiger partial charge < -0.3 is 10.4 Å². The molecule has 1 aliphatic carbocycles. The molecule has 2 rings (SSSR count). The van der Waals surface area contributed by atoms with E-state index in [-0.39, 0.29) is 17.9 Å². The molecular weight excluding hydrogens is 278 g/mol. The van der Waals surface area contributed by atoms with E-state index in [1.165, 1.54) is 18.4 Å². The topological polar surface area (TPSA) is 66.4 Å². The lowest BCUT2D eigenvalue weighted by atomic mass is 10.0. The number of carbonyl (C=O) groups excluding carboxylic acids is 1. The molecule has 0 heterocycles.